The molecular formula is C42H38Cl2N2O6. The van der Waals surface area contributed by atoms with Crippen LogP contribution in [0.3, 0.4) is 0 Å². The van der Waals surface area contributed by atoms with Gasteiger partial charge >= 0.3 is 0 Å². The van der Waals surface area contributed by atoms with Crippen molar-refractivity contribution in [3.8, 4) is 45.6 Å². The summed E-state index contributed by atoms with van der Waals surface area (Å²) in [5, 5.41) is 72.1. The molecule has 266 valence electrons. The normalized spacial score (nSPS) is 12.1. The third-order valence-corrected chi connectivity index (χ3v) is 10.00. The van der Waals surface area contributed by atoms with E-state index in [2.05, 4.69) is 9.98 Å². The van der Waals surface area contributed by atoms with Gasteiger partial charge in [-0.15, -0.1) is 0 Å². The summed E-state index contributed by atoms with van der Waals surface area (Å²) in [7, 11) is 0. The molecule has 6 N–H and O–H groups in total. The van der Waals surface area contributed by atoms with Gasteiger partial charge in [0.25, 0.3) is 0 Å². The molecule has 52 heavy (non-hydrogen) atoms. The molecule has 8 nitrogen and oxygen atoms in total. The fourth-order valence-electron chi connectivity index (χ4n) is 7.01. The van der Waals surface area contributed by atoms with Crippen LogP contribution in [-0.2, 0) is 0 Å². The second-order valence-corrected chi connectivity index (χ2v) is 14.3. The average Bonchev–Trinajstić information content (AvgIpc) is 3.08. The Hall–Kier alpha value is -5.44. The van der Waals surface area contributed by atoms with E-state index >= 15 is 0 Å². The van der Waals surface area contributed by atoms with Crippen LogP contribution in [0.5, 0.6) is 34.5 Å². The second kappa shape index (κ2) is 13.9. The number of phenolic OH excluding ortho intramolecular Hbond substituents is 6. The van der Waals surface area contributed by atoms with E-state index < -0.39 is 11.5 Å². The number of fused-ring (bicyclic) bond motifs is 2. The summed E-state index contributed by atoms with van der Waals surface area (Å²) in [6, 6.07) is 17.4. The zero-order valence-electron chi connectivity index (χ0n) is 29.4. The summed E-state index contributed by atoms with van der Waals surface area (Å²) >= 11 is 12.7. The van der Waals surface area contributed by atoms with Crippen LogP contribution in [-0.4, -0.2) is 43.1 Å². The first-order valence-electron chi connectivity index (χ1n) is 16.7. The number of aliphatic imine (C=N–C) groups is 2. The van der Waals surface area contributed by atoms with Gasteiger partial charge in [-0.1, -0.05) is 87.3 Å². The van der Waals surface area contributed by atoms with E-state index in [-0.39, 0.29) is 67.9 Å². The van der Waals surface area contributed by atoms with Crippen LogP contribution in [0.2, 0.25) is 10.0 Å². The van der Waals surface area contributed by atoms with Crippen molar-refractivity contribution in [3.63, 3.8) is 0 Å². The van der Waals surface area contributed by atoms with Crippen LogP contribution < -0.4 is 0 Å². The quantitative estimate of drug-likeness (QED) is 0.0710. The largest absolute Gasteiger partial charge is 0.507 e. The van der Waals surface area contributed by atoms with Gasteiger partial charge in [-0.25, -0.2) is 0 Å². The molecule has 0 aliphatic rings. The smallest absolute Gasteiger partial charge is 0.167 e. The number of benzene rings is 6. The molecular weight excluding hydrogens is 699 g/mol. The lowest BCUT2D eigenvalue weighted by Crippen LogP contribution is -2.01. The number of phenols is 6. The van der Waals surface area contributed by atoms with Crippen LogP contribution in [0.25, 0.3) is 32.7 Å². The summed E-state index contributed by atoms with van der Waals surface area (Å²) in [5.74, 6) is -2.68. The third-order valence-electron chi connectivity index (χ3n) is 9.36. The predicted octanol–water partition coefficient (Wildman–Crippen LogP) is 11.6. The molecule has 0 aromatic heterocycles. The number of halogens is 2. The minimum Gasteiger partial charge on any atom is -0.507 e. The summed E-state index contributed by atoms with van der Waals surface area (Å²) in [5.41, 5.74) is 3.38. The van der Waals surface area contributed by atoms with Crippen molar-refractivity contribution in [3.05, 3.63) is 104 Å². The van der Waals surface area contributed by atoms with E-state index in [1.54, 1.807) is 74.5 Å². The highest BCUT2D eigenvalue weighted by Crippen LogP contribution is 2.54. The van der Waals surface area contributed by atoms with E-state index in [0.717, 1.165) is 0 Å². The summed E-state index contributed by atoms with van der Waals surface area (Å²) in [6.45, 7) is 11.0. The van der Waals surface area contributed by atoms with Crippen molar-refractivity contribution < 1.29 is 30.6 Å². The van der Waals surface area contributed by atoms with Crippen LogP contribution in [0, 0.1) is 13.8 Å². The molecule has 0 atom stereocenters. The van der Waals surface area contributed by atoms with Gasteiger partial charge in [0.1, 0.15) is 11.5 Å². The minimum atomic E-state index is -0.475. The summed E-state index contributed by atoms with van der Waals surface area (Å²) in [6.07, 6.45) is 2.68. The van der Waals surface area contributed by atoms with E-state index in [4.69, 9.17) is 23.2 Å². The van der Waals surface area contributed by atoms with Crippen molar-refractivity contribution in [2.45, 2.75) is 53.4 Å². The Kier molecular flexibility index (Phi) is 9.75. The molecule has 0 unspecified atom stereocenters. The van der Waals surface area contributed by atoms with Crippen LogP contribution in [0.15, 0.2) is 70.6 Å². The van der Waals surface area contributed by atoms with Crippen molar-refractivity contribution in [2.75, 3.05) is 0 Å². The number of hydrogen-bond acceptors (Lipinski definition) is 8. The molecule has 6 aromatic rings. The Morgan fingerprint density at radius 1 is 0.519 bits per heavy atom. The molecule has 10 heteroatoms. The number of nitrogens with zero attached hydrogens (tertiary/aromatic N) is 2. The minimum absolute atomic E-state index is 0.0470. The van der Waals surface area contributed by atoms with Gasteiger partial charge < -0.3 is 30.6 Å². The van der Waals surface area contributed by atoms with Crippen LogP contribution in [0.4, 0.5) is 11.4 Å². The Morgan fingerprint density at radius 3 is 1.19 bits per heavy atom. The zero-order valence-corrected chi connectivity index (χ0v) is 30.9. The Morgan fingerprint density at radius 2 is 0.865 bits per heavy atom. The van der Waals surface area contributed by atoms with E-state index in [1.807, 2.05) is 27.7 Å². The highest BCUT2D eigenvalue weighted by molar-refractivity contribution is 6.33. The van der Waals surface area contributed by atoms with Crippen molar-refractivity contribution in [1.29, 1.82) is 0 Å². The monoisotopic (exact) mass is 736 g/mol. The molecule has 0 bridgehead atoms. The highest BCUT2D eigenvalue weighted by Gasteiger charge is 2.29. The maximum atomic E-state index is 12.3. The van der Waals surface area contributed by atoms with E-state index in [0.29, 0.717) is 54.4 Å². The highest BCUT2D eigenvalue weighted by atomic mass is 35.5. The van der Waals surface area contributed by atoms with Gasteiger partial charge in [-0.3, -0.25) is 9.98 Å². The Bertz CT molecular complexity index is 2310. The lowest BCUT2D eigenvalue weighted by molar-refractivity contribution is 0.398. The molecule has 0 aliphatic heterocycles. The maximum absolute atomic E-state index is 12.3. The molecule has 0 saturated heterocycles. The van der Waals surface area contributed by atoms with Gasteiger partial charge in [0.05, 0.1) is 32.5 Å². The second-order valence-electron chi connectivity index (χ2n) is 13.5. The topological polar surface area (TPSA) is 146 Å². The predicted molar refractivity (Wildman–Crippen MR) is 212 cm³/mol. The summed E-state index contributed by atoms with van der Waals surface area (Å²) < 4.78 is 0. The maximum Gasteiger partial charge on any atom is 0.167 e. The third kappa shape index (κ3) is 6.02. The molecule has 0 saturated carbocycles. The van der Waals surface area contributed by atoms with Gasteiger partial charge in [0.2, 0.25) is 0 Å². The number of aryl methyl sites for hydroxylation is 2. The van der Waals surface area contributed by atoms with Crippen LogP contribution in [0.1, 0.15) is 72.9 Å². The van der Waals surface area contributed by atoms with Gasteiger partial charge in [0, 0.05) is 45.5 Å². The molecule has 6 rings (SSSR count). The van der Waals surface area contributed by atoms with Gasteiger partial charge in [-0.05, 0) is 71.8 Å². The first-order chi connectivity index (χ1) is 24.6. The first kappa shape index (κ1) is 36.4. The fourth-order valence-corrected chi connectivity index (χ4v) is 7.37. The lowest BCUT2D eigenvalue weighted by Gasteiger charge is -2.23. The molecule has 0 radical (unpaired) electrons. The average molecular weight is 738 g/mol. The Balaban J connectivity index is 1.73. The molecule has 0 heterocycles. The zero-order chi connectivity index (χ0) is 37.8. The van der Waals surface area contributed by atoms with Gasteiger partial charge in [0.15, 0.2) is 23.0 Å². The van der Waals surface area contributed by atoms with Crippen molar-refractivity contribution >= 4 is 68.6 Å². The van der Waals surface area contributed by atoms with Crippen LogP contribution >= 0.6 is 23.2 Å². The summed E-state index contributed by atoms with van der Waals surface area (Å²) in [4.78, 5) is 8.98. The van der Waals surface area contributed by atoms with Crippen molar-refractivity contribution in [2.24, 2.45) is 9.98 Å². The molecule has 6 aromatic carbocycles. The number of rotatable bonds is 7. The molecule has 0 amide bonds. The lowest BCUT2D eigenvalue weighted by atomic mass is 9.83. The molecule has 0 aliphatic carbocycles. The molecule has 0 spiro atoms. The van der Waals surface area contributed by atoms with E-state index in [1.165, 1.54) is 12.4 Å². The number of aromatic hydroxyl groups is 6. The van der Waals surface area contributed by atoms with E-state index in [9.17, 15) is 30.6 Å². The fraction of sp³-hybridized carbons (Fsp3) is 0.190. The standard InChI is InChI=1S/C42H38Cl2N2O6/c1-19(2)31-23-15-21(5)33(39(49)35(23)25(37(47)41(31)51)17-45-29-13-9-7-11-27(29)43)34-22(6)16-24-32(20(3)4)42(52)38(48)26(36(24)40(34)50)18-46-30-14-10-8-12-28(30)44/h7-20,47-52H,1-6H3. The number of hydrogen-bond donors (Lipinski definition) is 6. The molecule has 0 fully saturated rings. The van der Waals surface area contributed by atoms with Crippen molar-refractivity contribution in [1.82, 2.24) is 0 Å². The first-order valence-corrected chi connectivity index (χ1v) is 17.5. The van der Waals surface area contributed by atoms with Gasteiger partial charge in [-0.2, -0.15) is 0 Å². The number of para-hydroxylation sites is 2. The SMILES string of the molecule is Cc1cc2c(C(C)C)c(O)c(O)c(C=Nc3ccccc3Cl)c2c(O)c1-c1c(C)cc2c(C(C)C)c(O)c(O)c(C=Nc3ccccc3Cl)c2c1O. The Labute approximate surface area is 311 Å².